The van der Waals surface area contributed by atoms with Crippen LogP contribution in [0.2, 0.25) is 0 Å². The van der Waals surface area contributed by atoms with Gasteiger partial charge in [0.2, 0.25) is 0 Å². The van der Waals surface area contributed by atoms with Gasteiger partial charge in [-0.3, -0.25) is 14.9 Å². The summed E-state index contributed by atoms with van der Waals surface area (Å²) in [5.41, 5.74) is 0.543. The molecule has 0 spiro atoms. The number of nitro benzene ring substituents is 1. The zero-order valence-electron chi connectivity index (χ0n) is 14.5. The molecule has 1 aromatic rings. The number of esters is 1. The van der Waals surface area contributed by atoms with Crippen LogP contribution in [-0.4, -0.2) is 42.5 Å². The molecule has 1 heterocycles. The highest BCUT2D eigenvalue weighted by Gasteiger charge is 2.24. The van der Waals surface area contributed by atoms with Crippen molar-refractivity contribution in [3.8, 4) is 0 Å². The summed E-state index contributed by atoms with van der Waals surface area (Å²) >= 11 is 0. The summed E-state index contributed by atoms with van der Waals surface area (Å²) in [6, 6.07) is 4.14. The molecule has 0 unspecified atom stereocenters. The molecule has 0 bridgehead atoms. The molecule has 25 heavy (non-hydrogen) atoms. The van der Waals surface area contributed by atoms with E-state index in [0.29, 0.717) is 5.69 Å². The summed E-state index contributed by atoms with van der Waals surface area (Å²) in [6.07, 6.45) is 2.77. The zero-order chi connectivity index (χ0) is 18.4. The first kappa shape index (κ1) is 18.7. The highest BCUT2D eigenvalue weighted by Crippen LogP contribution is 2.28. The average Bonchev–Trinajstić information content (AvgIpc) is 3.13. The van der Waals surface area contributed by atoms with Crippen LogP contribution in [0.3, 0.4) is 0 Å². The molecule has 1 atom stereocenters. The van der Waals surface area contributed by atoms with Crippen molar-refractivity contribution < 1.29 is 19.2 Å². The van der Waals surface area contributed by atoms with Gasteiger partial charge >= 0.3 is 5.97 Å². The third-order valence-electron chi connectivity index (χ3n) is 4.21. The van der Waals surface area contributed by atoms with E-state index < -0.39 is 23.4 Å². The summed E-state index contributed by atoms with van der Waals surface area (Å²) in [6.45, 7) is 4.94. The Bertz CT molecular complexity index is 656. The molecule has 8 heteroatoms. The maximum Gasteiger partial charge on any atom is 0.341 e. The SMILES string of the molecule is CC[C@@H](C)NC(=O)COC(=O)c1cc([N+](=O)[O-])ccc1N1CCCC1. The number of nitrogens with one attached hydrogen (secondary N) is 1. The number of rotatable bonds is 7. The Morgan fingerprint density at radius 3 is 2.64 bits per heavy atom. The number of carbonyl (C=O) groups is 2. The largest absolute Gasteiger partial charge is 0.452 e. The summed E-state index contributed by atoms with van der Waals surface area (Å²) in [5.74, 6) is -1.12. The normalized spacial score (nSPS) is 14.9. The minimum atomic E-state index is -0.732. The fourth-order valence-electron chi connectivity index (χ4n) is 2.66. The van der Waals surface area contributed by atoms with Crippen LogP contribution >= 0.6 is 0 Å². The highest BCUT2D eigenvalue weighted by atomic mass is 16.6. The Hall–Kier alpha value is -2.64. The first-order valence-corrected chi connectivity index (χ1v) is 8.42. The van der Waals surface area contributed by atoms with E-state index in [9.17, 15) is 19.7 Å². The van der Waals surface area contributed by atoms with E-state index in [1.165, 1.54) is 12.1 Å². The van der Waals surface area contributed by atoms with Crippen molar-refractivity contribution in [3.63, 3.8) is 0 Å². The van der Waals surface area contributed by atoms with Crippen molar-refractivity contribution in [2.24, 2.45) is 0 Å². The molecule has 0 aromatic heterocycles. The maximum atomic E-state index is 12.4. The zero-order valence-corrected chi connectivity index (χ0v) is 14.5. The lowest BCUT2D eigenvalue weighted by molar-refractivity contribution is -0.384. The van der Waals surface area contributed by atoms with E-state index in [-0.39, 0.29) is 17.3 Å². The summed E-state index contributed by atoms with van der Waals surface area (Å²) < 4.78 is 5.07. The van der Waals surface area contributed by atoms with Gasteiger partial charge in [0.1, 0.15) is 0 Å². The molecule has 1 N–H and O–H groups in total. The molecule has 2 rings (SSSR count). The van der Waals surface area contributed by atoms with Crippen molar-refractivity contribution in [2.75, 3.05) is 24.6 Å². The summed E-state index contributed by atoms with van der Waals surface area (Å²) in [4.78, 5) is 36.6. The van der Waals surface area contributed by atoms with Crippen LogP contribution in [0.1, 0.15) is 43.5 Å². The number of hydrogen-bond donors (Lipinski definition) is 1. The van der Waals surface area contributed by atoms with Gasteiger partial charge in [0.15, 0.2) is 6.61 Å². The lowest BCUT2D eigenvalue weighted by atomic mass is 10.1. The van der Waals surface area contributed by atoms with E-state index in [0.717, 1.165) is 32.4 Å². The van der Waals surface area contributed by atoms with Crippen molar-refractivity contribution in [2.45, 2.75) is 39.2 Å². The molecule has 1 saturated heterocycles. The van der Waals surface area contributed by atoms with E-state index in [2.05, 4.69) is 5.32 Å². The van der Waals surface area contributed by atoms with Crippen LogP contribution in [-0.2, 0) is 9.53 Å². The van der Waals surface area contributed by atoms with Crippen LogP contribution < -0.4 is 10.2 Å². The number of amides is 1. The Labute approximate surface area is 146 Å². The molecule has 1 aliphatic rings. The second-order valence-corrected chi connectivity index (χ2v) is 6.11. The van der Waals surface area contributed by atoms with Gasteiger partial charge in [0, 0.05) is 31.3 Å². The molecular formula is C17H23N3O5. The molecule has 0 aliphatic carbocycles. The lowest BCUT2D eigenvalue weighted by Crippen LogP contribution is -2.35. The van der Waals surface area contributed by atoms with Gasteiger partial charge in [0.25, 0.3) is 11.6 Å². The van der Waals surface area contributed by atoms with E-state index >= 15 is 0 Å². The van der Waals surface area contributed by atoms with Gasteiger partial charge in [-0.1, -0.05) is 6.92 Å². The quantitative estimate of drug-likeness (QED) is 0.460. The van der Waals surface area contributed by atoms with Gasteiger partial charge in [-0.2, -0.15) is 0 Å². The predicted molar refractivity (Wildman–Crippen MR) is 92.7 cm³/mol. The molecule has 0 radical (unpaired) electrons. The fraction of sp³-hybridized carbons (Fsp3) is 0.529. The molecule has 1 fully saturated rings. The predicted octanol–water partition coefficient (Wildman–Crippen LogP) is 2.27. The van der Waals surface area contributed by atoms with Crippen LogP contribution in [0.15, 0.2) is 18.2 Å². The van der Waals surface area contributed by atoms with Crippen molar-refractivity contribution in [3.05, 3.63) is 33.9 Å². The van der Waals surface area contributed by atoms with Gasteiger partial charge in [-0.05, 0) is 32.3 Å². The Kier molecular flexibility index (Phi) is 6.32. The van der Waals surface area contributed by atoms with Crippen molar-refractivity contribution in [1.29, 1.82) is 0 Å². The van der Waals surface area contributed by atoms with Crippen LogP contribution in [0, 0.1) is 10.1 Å². The second-order valence-electron chi connectivity index (χ2n) is 6.11. The van der Waals surface area contributed by atoms with E-state index in [4.69, 9.17) is 4.74 Å². The average molecular weight is 349 g/mol. The number of carbonyl (C=O) groups excluding carboxylic acids is 2. The van der Waals surface area contributed by atoms with Gasteiger partial charge in [0.05, 0.1) is 16.2 Å². The molecule has 8 nitrogen and oxygen atoms in total. The number of non-ortho nitro benzene ring substituents is 1. The lowest BCUT2D eigenvalue weighted by Gasteiger charge is -2.20. The smallest absolute Gasteiger partial charge is 0.341 e. The summed E-state index contributed by atoms with van der Waals surface area (Å²) in [5, 5.41) is 13.7. The number of nitro groups is 1. The van der Waals surface area contributed by atoms with Crippen molar-refractivity contribution in [1.82, 2.24) is 5.32 Å². The third kappa shape index (κ3) is 4.91. The maximum absolute atomic E-state index is 12.4. The minimum Gasteiger partial charge on any atom is -0.452 e. The van der Waals surface area contributed by atoms with Crippen LogP contribution in [0.4, 0.5) is 11.4 Å². The number of nitrogens with zero attached hydrogens (tertiary/aromatic N) is 2. The topological polar surface area (TPSA) is 102 Å². The first-order valence-electron chi connectivity index (χ1n) is 8.42. The molecule has 1 amide bonds. The van der Waals surface area contributed by atoms with E-state index in [1.54, 1.807) is 6.07 Å². The third-order valence-corrected chi connectivity index (χ3v) is 4.21. The van der Waals surface area contributed by atoms with Crippen molar-refractivity contribution >= 4 is 23.3 Å². The Balaban J connectivity index is 2.14. The van der Waals surface area contributed by atoms with Crippen LogP contribution in [0.25, 0.3) is 0 Å². The minimum absolute atomic E-state index is 0.0100. The highest BCUT2D eigenvalue weighted by molar-refractivity contribution is 5.97. The monoisotopic (exact) mass is 349 g/mol. The van der Waals surface area contributed by atoms with Gasteiger partial charge in [-0.15, -0.1) is 0 Å². The first-order chi connectivity index (χ1) is 11.9. The number of ether oxygens (including phenoxy) is 1. The standard InChI is InChI=1S/C17H23N3O5/c1-3-12(2)18-16(21)11-25-17(22)14-10-13(20(23)24)6-7-15(14)19-8-4-5-9-19/h6-7,10,12H,3-5,8-9,11H2,1-2H3,(H,18,21)/t12-/m1/s1. The summed E-state index contributed by atoms with van der Waals surface area (Å²) in [7, 11) is 0. The number of benzene rings is 1. The second kappa shape index (κ2) is 8.46. The Morgan fingerprint density at radius 1 is 1.36 bits per heavy atom. The fourth-order valence-corrected chi connectivity index (χ4v) is 2.66. The number of anilines is 1. The Morgan fingerprint density at radius 2 is 2.04 bits per heavy atom. The molecule has 136 valence electrons. The molecule has 0 saturated carbocycles. The molecule has 1 aromatic carbocycles. The molecular weight excluding hydrogens is 326 g/mol. The number of hydrogen-bond acceptors (Lipinski definition) is 6. The van der Waals surface area contributed by atoms with Crippen LogP contribution in [0.5, 0.6) is 0 Å². The van der Waals surface area contributed by atoms with E-state index in [1.807, 2.05) is 18.7 Å². The molecule has 1 aliphatic heterocycles. The van der Waals surface area contributed by atoms with Gasteiger partial charge < -0.3 is 15.0 Å². The van der Waals surface area contributed by atoms with Gasteiger partial charge in [-0.25, -0.2) is 4.79 Å².